The Morgan fingerprint density at radius 2 is 2.19 bits per heavy atom. The van der Waals surface area contributed by atoms with Gasteiger partial charge in [0.15, 0.2) is 0 Å². The van der Waals surface area contributed by atoms with Gasteiger partial charge in [0.2, 0.25) is 5.91 Å². The van der Waals surface area contributed by atoms with Crippen molar-refractivity contribution in [3.8, 4) is 0 Å². The van der Waals surface area contributed by atoms with E-state index in [4.69, 9.17) is 17.3 Å². The van der Waals surface area contributed by atoms with E-state index in [-0.39, 0.29) is 23.0 Å². The number of nitrogens with one attached hydrogen (secondary N) is 1. The topological polar surface area (TPSA) is 78.6 Å². The zero-order chi connectivity index (χ0) is 16.0. The zero-order valence-corrected chi connectivity index (χ0v) is 12.9. The van der Waals surface area contributed by atoms with Crippen LogP contribution in [0.3, 0.4) is 0 Å². The van der Waals surface area contributed by atoms with E-state index in [0.29, 0.717) is 13.0 Å². The van der Waals surface area contributed by atoms with Crippen molar-refractivity contribution in [2.75, 3.05) is 27.2 Å². The van der Waals surface area contributed by atoms with E-state index in [9.17, 15) is 14.3 Å². The summed E-state index contributed by atoms with van der Waals surface area (Å²) in [5, 5.41) is 12.6. The molecule has 21 heavy (non-hydrogen) atoms. The molecule has 0 aliphatic rings. The Hall–Kier alpha value is -1.21. The van der Waals surface area contributed by atoms with E-state index in [1.807, 2.05) is 19.0 Å². The van der Waals surface area contributed by atoms with Crippen LogP contribution in [0.4, 0.5) is 4.39 Å². The zero-order valence-electron chi connectivity index (χ0n) is 12.1. The highest BCUT2D eigenvalue weighted by molar-refractivity contribution is 6.31. The predicted molar refractivity (Wildman–Crippen MR) is 80.5 cm³/mol. The van der Waals surface area contributed by atoms with Crippen molar-refractivity contribution in [3.05, 3.63) is 34.6 Å². The van der Waals surface area contributed by atoms with Crippen LogP contribution in [0.15, 0.2) is 18.2 Å². The molecule has 5 nitrogen and oxygen atoms in total. The van der Waals surface area contributed by atoms with Gasteiger partial charge in [-0.1, -0.05) is 17.7 Å². The Kier molecular flexibility index (Phi) is 7.04. The van der Waals surface area contributed by atoms with Gasteiger partial charge in [-0.05, 0) is 39.2 Å². The summed E-state index contributed by atoms with van der Waals surface area (Å²) in [5.41, 5.74) is 5.70. The van der Waals surface area contributed by atoms with Crippen LogP contribution in [-0.2, 0) is 4.79 Å². The number of carbonyl (C=O) groups excluding carboxylic acids is 1. The third-order valence-corrected chi connectivity index (χ3v) is 3.36. The van der Waals surface area contributed by atoms with Gasteiger partial charge in [-0.25, -0.2) is 4.39 Å². The number of rotatable bonds is 7. The van der Waals surface area contributed by atoms with E-state index in [1.54, 1.807) is 0 Å². The number of hydrogen-bond acceptors (Lipinski definition) is 4. The van der Waals surface area contributed by atoms with Crippen molar-refractivity contribution < 1.29 is 14.3 Å². The minimum atomic E-state index is -1.22. The summed E-state index contributed by atoms with van der Waals surface area (Å²) < 4.78 is 13.6. The van der Waals surface area contributed by atoms with Gasteiger partial charge >= 0.3 is 0 Å². The number of nitrogens with two attached hydrogens (primary N) is 1. The number of amides is 1. The summed E-state index contributed by atoms with van der Waals surface area (Å²) in [7, 11) is 3.77. The molecule has 118 valence electrons. The molecule has 7 heteroatoms. The first-order valence-corrected chi connectivity index (χ1v) is 7.00. The maximum absolute atomic E-state index is 13.6. The lowest BCUT2D eigenvalue weighted by Gasteiger charge is -2.18. The first-order valence-electron chi connectivity index (χ1n) is 6.63. The van der Waals surface area contributed by atoms with Crippen LogP contribution in [0.5, 0.6) is 0 Å². The van der Waals surface area contributed by atoms with Gasteiger partial charge in [0.25, 0.3) is 0 Å². The van der Waals surface area contributed by atoms with Crippen LogP contribution in [-0.4, -0.2) is 49.1 Å². The Labute approximate surface area is 128 Å². The third-order valence-electron chi connectivity index (χ3n) is 3.03. The summed E-state index contributed by atoms with van der Waals surface area (Å²) in [6.07, 6.45) is -0.723. The Balaban J connectivity index is 2.53. The lowest BCUT2D eigenvalue weighted by molar-refractivity contribution is -0.123. The lowest BCUT2D eigenvalue weighted by atomic mass is 10.1. The molecule has 1 aromatic rings. The van der Waals surface area contributed by atoms with Crippen molar-refractivity contribution in [2.24, 2.45) is 5.73 Å². The normalized spacial score (nSPS) is 14.0. The highest BCUT2D eigenvalue weighted by Gasteiger charge is 2.19. The van der Waals surface area contributed by atoms with Crippen molar-refractivity contribution in [3.63, 3.8) is 0 Å². The molecule has 0 aromatic heterocycles. The van der Waals surface area contributed by atoms with E-state index < -0.39 is 18.0 Å². The molecule has 1 amide bonds. The van der Waals surface area contributed by atoms with Crippen LogP contribution in [0.1, 0.15) is 18.1 Å². The SMILES string of the molecule is CN(C)CCC(N)C(=O)NCC(O)c1c(F)cccc1Cl. The Morgan fingerprint density at radius 1 is 1.52 bits per heavy atom. The van der Waals surface area contributed by atoms with Gasteiger partial charge in [0, 0.05) is 17.1 Å². The fourth-order valence-electron chi connectivity index (χ4n) is 1.79. The first kappa shape index (κ1) is 17.8. The number of aliphatic hydroxyl groups excluding tert-OH is 1. The fraction of sp³-hybridized carbons (Fsp3) is 0.500. The minimum absolute atomic E-state index is 0.0265. The molecule has 0 radical (unpaired) electrons. The van der Waals surface area contributed by atoms with Gasteiger partial charge < -0.3 is 21.1 Å². The van der Waals surface area contributed by atoms with E-state index in [2.05, 4.69) is 5.32 Å². The second-order valence-electron chi connectivity index (χ2n) is 5.09. The molecule has 0 spiro atoms. The number of benzene rings is 1. The number of nitrogens with zero attached hydrogens (tertiary/aromatic N) is 1. The smallest absolute Gasteiger partial charge is 0.237 e. The highest BCUT2D eigenvalue weighted by atomic mass is 35.5. The average Bonchev–Trinajstić information content (AvgIpc) is 2.41. The highest BCUT2D eigenvalue weighted by Crippen LogP contribution is 2.25. The molecule has 0 aliphatic heterocycles. The second-order valence-corrected chi connectivity index (χ2v) is 5.50. The maximum atomic E-state index is 13.6. The summed E-state index contributed by atoms with van der Waals surface area (Å²) in [6.45, 7) is 0.533. The number of aliphatic hydroxyl groups is 1. The fourth-order valence-corrected chi connectivity index (χ4v) is 2.08. The van der Waals surface area contributed by atoms with Crippen LogP contribution in [0.25, 0.3) is 0 Å². The van der Waals surface area contributed by atoms with Crippen LogP contribution >= 0.6 is 11.6 Å². The third kappa shape index (κ3) is 5.59. The molecule has 0 saturated carbocycles. The number of hydrogen-bond donors (Lipinski definition) is 3. The van der Waals surface area contributed by atoms with Crippen LogP contribution in [0, 0.1) is 5.82 Å². The summed E-state index contributed by atoms with van der Waals surface area (Å²) in [4.78, 5) is 13.7. The lowest BCUT2D eigenvalue weighted by Crippen LogP contribution is -2.43. The first-order chi connectivity index (χ1) is 9.82. The number of halogens is 2. The predicted octanol–water partition coefficient (Wildman–Crippen LogP) is 0.908. The van der Waals surface area contributed by atoms with E-state index in [0.717, 1.165) is 0 Å². The molecular weight excluding hydrogens is 297 g/mol. The average molecular weight is 318 g/mol. The van der Waals surface area contributed by atoms with Gasteiger partial charge in [0.1, 0.15) is 11.9 Å². The Bertz CT molecular complexity index is 465. The number of carbonyl (C=O) groups is 1. The summed E-state index contributed by atoms with van der Waals surface area (Å²) in [6, 6.07) is 3.46. The molecule has 0 bridgehead atoms. The van der Waals surface area contributed by atoms with Gasteiger partial charge in [-0.15, -0.1) is 0 Å². The van der Waals surface area contributed by atoms with Crippen LogP contribution < -0.4 is 11.1 Å². The van der Waals surface area contributed by atoms with Crippen molar-refractivity contribution in [2.45, 2.75) is 18.6 Å². The monoisotopic (exact) mass is 317 g/mol. The quantitative estimate of drug-likeness (QED) is 0.698. The summed E-state index contributed by atoms with van der Waals surface area (Å²) in [5.74, 6) is -0.996. The molecule has 0 aliphatic carbocycles. The molecule has 2 atom stereocenters. The minimum Gasteiger partial charge on any atom is -0.386 e. The van der Waals surface area contributed by atoms with Gasteiger partial charge in [-0.3, -0.25) is 4.79 Å². The standard InChI is InChI=1S/C14H21ClFN3O2/c1-19(2)7-6-11(17)14(21)18-8-12(20)13-9(15)4-3-5-10(13)16/h3-5,11-12,20H,6-8,17H2,1-2H3,(H,18,21). The van der Waals surface area contributed by atoms with Gasteiger partial charge in [0.05, 0.1) is 6.04 Å². The van der Waals surface area contributed by atoms with Gasteiger partial charge in [-0.2, -0.15) is 0 Å². The summed E-state index contributed by atoms with van der Waals surface area (Å²) >= 11 is 5.84. The second kappa shape index (κ2) is 8.29. The molecular formula is C14H21ClFN3O2. The van der Waals surface area contributed by atoms with Crippen molar-refractivity contribution in [1.29, 1.82) is 0 Å². The van der Waals surface area contributed by atoms with Crippen LogP contribution in [0.2, 0.25) is 5.02 Å². The molecule has 0 saturated heterocycles. The molecule has 4 N–H and O–H groups in total. The molecule has 2 unspecified atom stereocenters. The molecule has 0 heterocycles. The maximum Gasteiger partial charge on any atom is 0.237 e. The molecule has 1 aromatic carbocycles. The molecule has 1 rings (SSSR count). The van der Waals surface area contributed by atoms with Crippen molar-refractivity contribution in [1.82, 2.24) is 10.2 Å². The largest absolute Gasteiger partial charge is 0.386 e. The van der Waals surface area contributed by atoms with E-state index >= 15 is 0 Å². The van der Waals surface area contributed by atoms with E-state index in [1.165, 1.54) is 18.2 Å². The van der Waals surface area contributed by atoms with Crippen molar-refractivity contribution >= 4 is 17.5 Å². The molecule has 0 fully saturated rings. The Morgan fingerprint density at radius 3 is 2.76 bits per heavy atom.